The van der Waals surface area contributed by atoms with Gasteiger partial charge in [0.25, 0.3) is 0 Å². The SMILES string of the molecule is CCOc1cc(C(Nc2ccc3c(N)nccc3c2)C(=O)N2CC[C@H](C(=O)OC)[C@H]2c2cc(NC(C)=O)ccc2S(=O)(=O)C(C)C)ccc1OC(C)C.O=C(O)C(F)(F)F. The molecule has 1 unspecified atom stereocenters. The lowest BCUT2D eigenvalue weighted by atomic mass is 9.92. The Hall–Kier alpha value is -6.11. The maximum atomic E-state index is 15.2. The molecule has 3 atom stereocenters. The number of carbonyl (C=O) groups excluding carboxylic acids is 3. The molecule has 3 aromatic carbocycles. The maximum absolute atomic E-state index is 15.2. The summed E-state index contributed by atoms with van der Waals surface area (Å²) >= 11 is 0. The molecule has 1 aliphatic heterocycles. The lowest BCUT2D eigenvalue weighted by molar-refractivity contribution is -0.192. The summed E-state index contributed by atoms with van der Waals surface area (Å²) in [7, 11) is -2.68. The number of likely N-dealkylation sites (tertiary alicyclic amines) is 1. The third-order valence-corrected chi connectivity index (χ3v) is 11.5. The number of fused-ring (bicyclic) bond motifs is 1. The Morgan fingerprint density at radius 3 is 2.23 bits per heavy atom. The lowest BCUT2D eigenvalue weighted by Crippen LogP contribution is -2.40. The van der Waals surface area contributed by atoms with Crippen LogP contribution in [0.4, 0.5) is 30.4 Å². The molecular weight excluding hydrogens is 812 g/mol. The van der Waals surface area contributed by atoms with E-state index in [0.717, 1.165) is 10.8 Å². The molecule has 1 saturated heterocycles. The van der Waals surface area contributed by atoms with Crippen LogP contribution in [0, 0.1) is 5.92 Å². The first-order chi connectivity index (χ1) is 28.1. The molecule has 0 bridgehead atoms. The quantitative estimate of drug-likeness (QED) is 0.103. The molecule has 0 spiro atoms. The van der Waals surface area contributed by atoms with Crippen LogP contribution in [0.1, 0.15) is 71.2 Å². The number of carboxylic acid groups (broad SMARTS) is 1. The standard InChI is InChI=1S/C39H47N5O8S.C2HF3O2/c1-8-51-33-20-26(9-13-32(33)52-22(2)3)35(43-27-10-12-29-25(19-27)15-17-41-37(29)40)38(46)44-18-16-30(39(47)50-7)36(44)31-21-28(42-24(6)45)11-14-34(31)53(48,49)23(4)5;3-2(4,5)1(6)7/h9-15,17,19-23,30,35-36,43H,8,16,18H2,1-7H3,(H2,40,41)(H,42,45);(H,6,7)/t30-,35?,36-;/m0./s1. The number of nitrogens with zero attached hydrogens (tertiary/aromatic N) is 2. The first-order valence-corrected chi connectivity index (χ1v) is 20.3. The van der Waals surface area contributed by atoms with Gasteiger partial charge in [0.05, 0.1) is 41.9 Å². The smallest absolute Gasteiger partial charge is 0.490 e. The average molecular weight is 860 g/mol. The van der Waals surface area contributed by atoms with E-state index in [2.05, 4.69) is 15.6 Å². The second kappa shape index (κ2) is 19.3. The van der Waals surface area contributed by atoms with Crippen LogP contribution in [0.25, 0.3) is 10.8 Å². The number of nitrogens with one attached hydrogen (secondary N) is 2. The molecule has 0 saturated carbocycles. The summed E-state index contributed by atoms with van der Waals surface area (Å²) in [5.74, 6) is -3.75. The molecular formula is C41H48F3N5O10S. The van der Waals surface area contributed by atoms with Crippen molar-refractivity contribution in [2.75, 3.05) is 36.6 Å². The fraction of sp³-hybridized carbons (Fsp3) is 0.390. The Morgan fingerprint density at radius 2 is 1.65 bits per heavy atom. The second-order valence-corrected chi connectivity index (χ2v) is 16.7. The van der Waals surface area contributed by atoms with Crippen molar-refractivity contribution in [3.63, 3.8) is 0 Å². The second-order valence-electron chi connectivity index (χ2n) is 14.2. The Labute approximate surface area is 345 Å². The van der Waals surface area contributed by atoms with Gasteiger partial charge in [-0.3, -0.25) is 14.4 Å². The van der Waals surface area contributed by atoms with Gasteiger partial charge in [0.15, 0.2) is 21.3 Å². The monoisotopic (exact) mass is 859 g/mol. The molecule has 0 aliphatic carbocycles. The highest BCUT2D eigenvalue weighted by atomic mass is 32.2. The summed E-state index contributed by atoms with van der Waals surface area (Å²) in [6, 6.07) is 14.9. The zero-order chi connectivity index (χ0) is 44.7. The van der Waals surface area contributed by atoms with Crippen LogP contribution in [-0.4, -0.2) is 85.0 Å². The molecule has 60 heavy (non-hydrogen) atoms. The maximum Gasteiger partial charge on any atom is 0.490 e. The number of rotatable bonds is 13. The van der Waals surface area contributed by atoms with E-state index in [9.17, 15) is 31.2 Å². The normalized spacial score (nSPS) is 15.8. The van der Waals surface area contributed by atoms with Crippen LogP contribution < -0.4 is 25.8 Å². The number of carbonyl (C=O) groups is 4. The van der Waals surface area contributed by atoms with Crippen LogP contribution in [0.3, 0.4) is 0 Å². The molecule has 19 heteroatoms. The molecule has 324 valence electrons. The number of aliphatic carboxylic acids is 1. The first-order valence-electron chi connectivity index (χ1n) is 18.8. The topological polar surface area (TPSA) is 217 Å². The van der Waals surface area contributed by atoms with Gasteiger partial charge in [-0.25, -0.2) is 18.2 Å². The van der Waals surface area contributed by atoms with Gasteiger partial charge in [-0.1, -0.05) is 6.07 Å². The zero-order valence-electron chi connectivity index (χ0n) is 34.0. The molecule has 4 aromatic rings. The largest absolute Gasteiger partial charge is 0.490 e. The van der Waals surface area contributed by atoms with Gasteiger partial charge in [-0.05, 0) is 112 Å². The average Bonchev–Trinajstić information content (AvgIpc) is 3.62. The molecule has 2 amide bonds. The van der Waals surface area contributed by atoms with Gasteiger partial charge < -0.3 is 40.6 Å². The van der Waals surface area contributed by atoms with Crippen LogP contribution in [-0.2, 0) is 33.8 Å². The van der Waals surface area contributed by atoms with E-state index in [-0.39, 0.29) is 35.4 Å². The Kier molecular flexibility index (Phi) is 15.0. The minimum atomic E-state index is -5.08. The highest BCUT2D eigenvalue weighted by Crippen LogP contribution is 2.44. The van der Waals surface area contributed by atoms with Gasteiger partial charge >= 0.3 is 18.1 Å². The van der Waals surface area contributed by atoms with Crippen LogP contribution in [0.2, 0.25) is 0 Å². The number of aromatic nitrogens is 1. The van der Waals surface area contributed by atoms with Crippen molar-refractivity contribution in [3.8, 4) is 11.5 Å². The van der Waals surface area contributed by atoms with Crippen molar-refractivity contribution in [2.45, 2.75) is 82.5 Å². The van der Waals surface area contributed by atoms with Gasteiger partial charge in [0.2, 0.25) is 11.8 Å². The fourth-order valence-electron chi connectivity index (χ4n) is 6.63. The number of halogens is 3. The van der Waals surface area contributed by atoms with Crippen molar-refractivity contribution < 1.29 is 60.1 Å². The van der Waals surface area contributed by atoms with E-state index in [1.807, 2.05) is 39.0 Å². The van der Waals surface area contributed by atoms with Crippen molar-refractivity contribution in [2.24, 2.45) is 5.92 Å². The first kappa shape index (κ1) is 46.6. The highest BCUT2D eigenvalue weighted by molar-refractivity contribution is 7.92. The third kappa shape index (κ3) is 10.9. The molecule has 5 N–H and O–H groups in total. The number of amides is 2. The van der Waals surface area contributed by atoms with E-state index in [1.54, 1.807) is 44.3 Å². The summed E-state index contributed by atoms with van der Waals surface area (Å²) in [6.45, 7) is 10.6. The number of hydrogen-bond donors (Lipinski definition) is 4. The molecule has 5 rings (SSSR count). The number of nitrogen functional groups attached to an aromatic ring is 1. The number of sulfone groups is 1. The fourth-order valence-corrected chi connectivity index (χ4v) is 7.90. The van der Waals surface area contributed by atoms with Gasteiger partial charge in [-0.2, -0.15) is 13.2 Å². The number of hydrogen-bond acceptors (Lipinski definition) is 12. The van der Waals surface area contributed by atoms with E-state index in [4.69, 9.17) is 29.8 Å². The minimum absolute atomic E-state index is 0.0424. The van der Waals surface area contributed by atoms with Gasteiger partial charge in [0.1, 0.15) is 11.9 Å². The van der Waals surface area contributed by atoms with Crippen molar-refractivity contribution in [1.29, 1.82) is 0 Å². The molecule has 1 aliphatic rings. The highest BCUT2D eigenvalue weighted by Gasteiger charge is 2.47. The number of carboxylic acids is 1. The Balaban J connectivity index is 0.00000104. The summed E-state index contributed by atoms with van der Waals surface area (Å²) in [4.78, 5) is 55.2. The van der Waals surface area contributed by atoms with E-state index < -0.39 is 57.1 Å². The van der Waals surface area contributed by atoms with Crippen LogP contribution in [0.15, 0.2) is 71.8 Å². The van der Waals surface area contributed by atoms with Crippen LogP contribution >= 0.6 is 0 Å². The lowest BCUT2D eigenvalue weighted by Gasteiger charge is -2.33. The summed E-state index contributed by atoms with van der Waals surface area (Å²) < 4.78 is 76.6. The number of esters is 1. The number of methoxy groups -OCH3 is 1. The predicted octanol–water partition coefficient (Wildman–Crippen LogP) is 6.69. The summed E-state index contributed by atoms with van der Waals surface area (Å²) in [5, 5.41) is 14.0. The number of ether oxygens (including phenoxy) is 3. The molecule has 15 nitrogen and oxygen atoms in total. The van der Waals surface area contributed by atoms with Gasteiger partial charge in [-0.15, -0.1) is 0 Å². The van der Waals surface area contributed by atoms with Crippen molar-refractivity contribution in [3.05, 3.63) is 78.0 Å². The molecule has 0 radical (unpaired) electrons. The molecule has 2 heterocycles. The van der Waals surface area contributed by atoms with Crippen molar-refractivity contribution in [1.82, 2.24) is 9.88 Å². The number of pyridine rings is 1. The Bertz CT molecular complexity index is 2340. The molecule has 1 aromatic heterocycles. The van der Waals surface area contributed by atoms with E-state index in [0.29, 0.717) is 40.9 Å². The third-order valence-electron chi connectivity index (χ3n) is 9.32. The summed E-state index contributed by atoms with van der Waals surface area (Å²) in [6.07, 6.45) is -3.42. The number of benzene rings is 3. The number of nitrogens with two attached hydrogens (primary N) is 1. The van der Waals surface area contributed by atoms with E-state index in [1.165, 1.54) is 37.1 Å². The molecule has 1 fully saturated rings. The predicted molar refractivity (Wildman–Crippen MR) is 217 cm³/mol. The summed E-state index contributed by atoms with van der Waals surface area (Å²) in [5.41, 5.74) is 7.77. The number of alkyl halides is 3. The Morgan fingerprint density at radius 1 is 0.983 bits per heavy atom. The van der Waals surface area contributed by atoms with Gasteiger partial charge in [0, 0.05) is 36.4 Å². The number of anilines is 3. The zero-order valence-corrected chi connectivity index (χ0v) is 34.8. The van der Waals surface area contributed by atoms with Crippen LogP contribution in [0.5, 0.6) is 11.5 Å². The minimum Gasteiger partial charge on any atom is -0.490 e. The van der Waals surface area contributed by atoms with Crippen molar-refractivity contribution >= 4 is 61.6 Å². The van der Waals surface area contributed by atoms with E-state index >= 15 is 4.79 Å².